The van der Waals surface area contributed by atoms with Crippen LogP contribution in [-0.4, -0.2) is 123 Å². The SMILES string of the molecule is CC(=O)N(C)CCN(C)C(=O)OCc1ccc(OC(=O)[C@H](CCCNC(N)=O)NC(=O)[C@@H](NC(=O)CNC(=O)CNC(=O)CN)C(C)C)cc1. The van der Waals surface area contributed by atoms with Crippen LogP contribution in [0.5, 0.6) is 5.75 Å². The summed E-state index contributed by atoms with van der Waals surface area (Å²) >= 11 is 0. The molecule has 0 unspecified atom stereocenters. The Kier molecular flexibility index (Phi) is 18.9. The van der Waals surface area contributed by atoms with Crippen LogP contribution in [0.4, 0.5) is 9.59 Å². The topological polar surface area (TPSA) is 274 Å². The molecule has 1 rings (SSSR count). The minimum Gasteiger partial charge on any atom is -0.445 e. The number of nitrogens with two attached hydrogens (primary N) is 2. The summed E-state index contributed by atoms with van der Waals surface area (Å²) in [7, 11) is 3.17. The number of urea groups is 1. The normalized spacial score (nSPS) is 11.7. The van der Waals surface area contributed by atoms with Gasteiger partial charge in [0, 0.05) is 40.7 Å². The Morgan fingerprint density at radius 1 is 0.820 bits per heavy atom. The molecule has 0 saturated carbocycles. The summed E-state index contributed by atoms with van der Waals surface area (Å²) < 4.78 is 10.8. The minimum absolute atomic E-state index is 0.0396. The van der Waals surface area contributed by atoms with E-state index in [1.807, 2.05) is 0 Å². The van der Waals surface area contributed by atoms with E-state index < -0.39 is 66.3 Å². The van der Waals surface area contributed by atoms with E-state index in [4.69, 9.17) is 20.9 Å². The van der Waals surface area contributed by atoms with Crippen molar-refractivity contribution in [2.45, 2.75) is 52.3 Å². The Morgan fingerprint density at radius 2 is 1.42 bits per heavy atom. The van der Waals surface area contributed by atoms with Crippen molar-refractivity contribution in [1.82, 2.24) is 36.4 Å². The largest absolute Gasteiger partial charge is 0.445 e. The summed E-state index contributed by atoms with van der Waals surface area (Å²) in [4.78, 5) is 99.6. The number of amides is 8. The number of hydrogen-bond acceptors (Lipinski definition) is 11. The van der Waals surface area contributed by atoms with Crippen molar-refractivity contribution in [3.05, 3.63) is 29.8 Å². The van der Waals surface area contributed by atoms with Crippen LogP contribution in [0.2, 0.25) is 0 Å². The number of carbonyl (C=O) groups excluding carboxylic acids is 8. The third-order valence-corrected chi connectivity index (χ3v) is 7.04. The van der Waals surface area contributed by atoms with Crippen molar-refractivity contribution in [3.8, 4) is 5.75 Å². The molecule has 0 aliphatic carbocycles. The van der Waals surface area contributed by atoms with Crippen LogP contribution in [0.15, 0.2) is 24.3 Å². The van der Waals surface area contributed by atoms with E-state index in [9.17, 15) is 38.4 Å². The van der Waals surface area contributed by atoms with Crippen molar-refractivity contribution in [2.75, 3.05) is 53.4 Å². The molecule has 0 aliphatic rings. The molecule has 1 aromatic rings. The second kappa shape index (κ2) is 22.2. The van der Waals surface area contributed by atoms with Crippen LogP contribution >= 0.6 is 0 Å². The first-order chi connectivity index (χ1) is 23.5. The Balaban J connectivity index is 2.84. The molecule has 278 valence electrons. The van der Waals surface area contributed by atoms with Gasteiger partial charge in [-0.1, -0.05) is 26.0 Å². The Bertz CT molecular complexity index is 1340. The standard InChI is InChI=1S/C31H49N9O10/c1-19(2)27(38-26(44)17-36-25(43)16-35-24(42)15-32)28(45)37-23(7-6-12-34-30(33)47)29(46)50-22-10-8-21(9-11-22)18-49-31(48)40(5)14-13-39(4)20(3)41/h8-11,19,23,27H,6-7,12-18,32H2,1-5H3,(H,35,42)(H,36,43)(H,37,45)(H,38,44)(H3,33,34,47)/t23-,27-/m0/s1. The van der Waals surface area contributed by atoms with Crippen LogP contribution < -0.4 is 42.8 Å². The molecule has 0 bridgehead atoms. The lowest BCUT2D eigenvalue weighted by Crippen LogP contribution is -2.55. The van der Waals surface area contributed by atoms with Gasteiger partial charge in [0.25, 0.3) is 0 Å². The number of ether oxygens (including phenoxy) is 2. The van der Waals surface area contributed by atoms with Gasteiger partial charge in [-0.2, -0.15) is 0 Å². The highest BCUT2D eigenvalue weighted by atomic mass is 16.6. The molecule has 0 aromatic heterocycles. The molecular weight excluding hydrogens is 658 g/mol. The van der Waals surface area contributed by atoms with Crippen LogP contribution in [0.1, 0.15) is 39.2 Å². The van der Waals surface area contributed by atoms with E-state index >= 15 is 0 Å². The van der Waals surface area contributed by atoms with Crippen molar-refractivity contribution in [1.29, 1.82) is 0 Å². The van der Waals surface area contributed by atoms with E-state index in [1.54, 1.807) is 40.1 Å². The average molecular weight is 708 g/mol. The minimum atomic E-state index is -1.19. The summed E-state index contributed by atoms with van der Waals surface area (Å²) in [6, 6.07) is 3.06. The van der Waals surface area contributed by atoms with Gasteiger partial charge in [-0.05, 0) is 36.5 Å². The van der Waals surface area contributed by atoms with Gasteiger partial charge in [0.1, 0.15) is 24.4 Å². The molecule has 0 fully saturated rings. The molecule has 0 heterocycles. The predicted octanol–water partition coefficient (Wildman–Crippen LogP) is -2.10. The second-order valence-electron chi connectivity index (χ2n) is 11.5. The Labute approximate surface area is 290 Å². The molecule has 0 saturated heterocycles. The molecule has 0 radical (unpaired) electrons. The maximum atomic E-state index is 13.3. The third-order valence-electron chi connectivity index (χ3n) is 7.04. The molecular formula is C31H49N9O10. The van der Waals surface area contributed by atoms with Crippen LogP contribution in [0.3, 0.4) is 0 Å². The molecule has 8 amide bonds. The quantitative estimate of drug-likeness (QED) is 0.0438. The maximum absolute atomic E-state index is 13.3. The summed E-state index contributed by atoms with van der Waals surface area (Å²) in [5.41, 5.74) is 10.9. The monoisotopic (exact) mass is 707 g/mol. The zero-order valence-electron chi connectivity index (χ0n) is 29.0. The highest BCUT2D eigenvalue weighted by Gasteiger charge is 2.30. The van der Waals surface area contributed by atoms with Gasteiger partial charge in [-0.3, -0.25) is 24.0 Å². The van der Waals surface area contributed by atoms with Crippen LogP contribution in [0, 0.1) is 5.92 Å². The summed E-state index contributed by atoms with van der Waals surface area (Å²) in [5.74, 6) is -3.84. The molecule has 1 aromatic carbocycles. The van der Waals surface area contributed by atoms with Gasteiger partial charge >= 0.3 is 18.1 Å². The fourth-order valence-corrected chi connectivity index (χ4v) is 3.93. The summed E-state index contributed by atoms with van der Waals surface area (Å²) in [5, 5.41) is 12.1. The number of carbonyl (C=O) groups is 8. The van der Waals surface area contributed by atoms with Gasteiger partial charge in [0.15, 0.2) is 0 Å². The molecule has 2 atom stereocenters. The molecule has 19 heteroatoms. The molecule has 9 N–H and O–H groups in total. The number of likely N-dealkylation sites (N-methyl/N-ethyl adjacent to an activating group) is 2. The lowest BCUT2D eigenvalue weighted by Gasteiger charge is -2.25. The van der Waals surface area contributed by atoms with E-state index in [0.717, 1.165) is 0 Å². The number of esters is 1. The average Bonchev–Trinajstić information content (AvgIpc) is 3.07. The van der Waals surface area contributed by atoms with Gasteiger partial charge < -0.3 is 57.3 Å². The first kappa shape index (κ1) is 42.6. The summed E-state index contributed by atoms with van der Waals surface area (Å²) in [6.07, 6.45) is -0.313. The number of rotatable bonds is 20. The lowest BCUT2D eigenvalue weighted by molar-refractivity contribution is -0.140. The molecule has 0 spiro atoms. The third kappa shape index (κ3) is 17.1. The fourth-order valence-electron chi connectivity index (χ4n) is 3.93. The van der Waals surface area contributed by atoms with Crippen molar-refractivity contribution < 1.29 is 47.8 Å². The van der Waals surface area contributed by atoms with Gasteiger partial charge in [-0.25, -0.2) is 14.4 Å². The van der Waals surface area contributed by atoms with E-state index in [0.29, 0.717) is 12.1 Å². The number of nitrogens with zero attached hydrogens (tertiary/aromatic N) is 2. The summed E-state index contributed by atoms with van der Waals surface area (Å²) in [6.45, 7) is 4.25. The van der Waals surface area contributed by atoms with Crippen molar-refractivity contribution in [3.63, 3.8) is 0 Å². The Hall–Kier alpha value is -5.46. The number of benzene rings is 1. The lowest BCUT2D eigenvalue weighted by atomic mass is 10.0. The van der Waals surface area contributed by atoms with E-state index in [1.165, 1.54) is 28.9 Å². The zero-order chi connectivity index (χ0) is 37.8. The molecule has 19 nitrogen and oxygen atoms in total. The highest BCUT2D eigenvalue weighted by Crippen LogP contribution is 2.15. The zero-order valence-corrected chi connectivity index (χ0v) is 29.0. The van der Waals surface area contributed by atoms with E-state index in [-0.39, 0.29) is 57.3 Å². The fraction of sp³-hybridized carbons (Fsp3) is 0.548. The van der Waals surface area contributed by atoms with Crippen molar-refractivity contribution >= 4 is 47.6 Å². The number of hydrogen-bond donors (Lipinski definition) is 7. The van der Waals surface area contributed by atoms with Crippen LogP contribution in [0.25, 0.3) is 0 Å². The maximum Gasteiger partial charge on any atom is 0.409 e. The predicted molar refractivity (Wildman–Crippen MR) is 179 cm³/mol. The van der Waals surface area contributed by atoms with Crippen LogP contribution in [-0.2, 0) is 40.1 Å². The number of primary amides is 1. The second-order valence-corrected chi connectivity index (χ2v) is 11.5. The Morgan fingerprint density at radius 3 is 2.00 bits per heavy atom. The molecule has 50 heavy (non-hydrogen) atoms. The van der Waals surface area contributed by atoms with Gasteiger partial charge in [0.2, 0.25) is 29.5 Å². The van der Waals surface area contributed by atoms with E-state index in [2.05, 4.69) is 26.6 Å². The van der Waals surface area contributed by atoms with Crippen molar-refractivity contribution in [2.24, 2.45) is 17.4 Å². The highest BCUT2D eigenvalue weighted by molar-refractivity contribution is 5.93. The molecule has 0 aliphatic heterocycles. The number of nitrogens with one attached hydrogen (secondary N) is 5. The van der Waals surface area contributed by atoms with Gasteiger partial charge in [0.05, 0.1) is 19.6 Å². The first-order valence-corrected chi connectivity index (χ1v) is 15.8. The van der Waals surface area contributed by atoms with Gasteiger partial charge in [-0.15, -0.1) is 0 Å². The smallest absolute Gasteiger partial charge is 0.409 e. The first-order valence-electron chi connectivity index (χ1n) is 15.8.